The number of anilines is 1. The average molecular weight is 438 g/mol. The standard InChI is InChI=1S/C22H16ClN3O3S/c23-14-8-9-17-16(10-14)22(29,18-19(27)25-21(24)30-18)20(28)26(17)11-13-6-3-5-12-4-1-2-7-15(12)13/h1-10,18,29H,11H2,(H2,24,25,27)/t18-,22-/m1/s1. The number of thioether (sulfide) groups is 1. The number of aliphatic hydroxyl groups is 1. The van der Waals surface area contributed by atoms with E-state index in [-0.39, 0.29) is 17.3 Å². The Morgan fingerprint density at radius 2 is 1.90 bits per heavy atom. The number of nitrogens with two attached hydrogens (primary N) is 1. The summed E-state index contributed by atoms with van der Waals surface area (Å²) < 4.78 is 0. The number of fused-ring (bicyclic) bond motifs is 2. The van der Waals surface area contributed by atoms with Crippen molar-refractivity contribution >= 4 is 56.8 Å². The Balaban J connectivity index is 1.62. The predicted molar refractivity (Wildman–Crippen MR) is 118 cm³/mol. The molecule has 0 saturated carbocycles. The minimum atomic E-state index is -2.10. The Labute approximate surface area is 181 Å². The van der Waals surface area contributed by atoms with Crippen molar-refractivity contribution in [3.8, 4) is 0 Å². The van der Waals surface area contributed by atoms with Gasteiger partial charge in [0.05, 0.1) is 12.2 Å². The van der Waals surface area contributed by atoms with Crippen LogP contribution in [0.3, 0.4) is 0 Å². The summed E-state index contributed by atoms with van der Waals surface area (Å²) in [5, 5.41) is 12.9. The van der Waals surface area contributed by atoms with Gasteiger partial charge in [-0.2, -0.15) is 4.99 Å². The van der Waals surface area contributed by atoms with E-state index < -0.39 is 22.7 Å². The number of nitrogens with zero attached hydrogens (tertiary/aromatic N) is 2. The van der Waals surface area contributed by atoms with Crippen molar-refractivity contribution in [2.24, 2.45) is 10.7 Å². The van der Waals surface area contributed by atoms with E-state index >= 15 is 0 Å². The number of aliphatic imine (C=N–C) groups is 1. The van der Waals surface area contributed by atoms with Crippen LogP contribution in [0.4, 0.5) is 5.69 Å². The average Bonchev–Trinajstić information content (AvgIpc) is 3.18. The number of carbonyl (C=O) groups is 2. The van der Waals surface area contributed by atoms with Gasteiger partial charge in [-0.1, -0.05) is 65.8 Å². The molecular formula is C22H16ClN3O3S. The number of hydrogen-bond acceptors (Lipinski definition) is 5. The lowest BCUT2D eigenvalue weighted by molar-refractivity contribution is -0.140. The van der Waals surface area contributed by atoms with E-state index in [4.69, 9.17) is 17.3 Å². The first-order chi connectivity index (χ1) is 14.4. The fourth-order valence-corrected chi connectivity index (χ4v) is 5.23. The monoisotopic (exact) mass is 437 g/mol. The summed E-state index contributed by atoms with van der Waals surface area (Å²) in [6.07, 6.45) is 0. The maximum absolute atomic E-state index is 13.6. The summed E-state index contributed by atoms with van der Waals surface area (Å²) in [6, 6.07) is 18.6. The van der Waals surface area contributed by atoms with Gasteiger partial charge < -0.3 is 15.7 Å². The third-order valence-corrected chi connectivity index (χ3v) is 6.85. The first kappa shape index (κ1) is 19.1. The number of benzene rings is 3. The van der Waals surface area contributed by atoms with Crippen molar-refractivity contribution in [2.45, 2.75) is 17.4 Å². The highest BCUT2D eigenvalue weighted by Crippen LogP contribution is 2.49. The number of hydrogen-bond donors (Lipinski definition) is 2. The number of amidine groups is 1. The first-order valence-electron chi connectivity index (χ1n) is 9.25. The smallest absolute Gasteiger partial charge is 0.265 e. The lowest BCUT2D eigenvalue weighted by Gasteiger charge is -2.27. The number of halogens is 1. The second-order valence-corrected chi connectivity index (χ2v) is 8.81. The van der Waals surface area contributed by atoms with Crippen LogP contribution in [0.1, 0.15) is 11.1 Å². The topological polar surface area (TPSA) is 96.0 Å². The zero-order valence-electron chi connectivity index (χ0n) is 15.6. The predicted octanol–water partition coefficient (Wildman–Crippen LogP) is 3.18. The van der Waals surface area contributed by atoms with Crippen molar-refractivity contribution in [1.29, 1.82) is 0 Å². The van der Waals surface area contributed by atoms with Crippen molar-refractivity contribution in [1.82, 2.24) is 0 Å². The molecule has 0 unspecified atom stereocenters. The highest BCUT2D eigenvalue weighted by Gasteiger charge is 2.59. The molecule has 0 radical (unpaired) electrons. The molecule has 3 N–H and O–H groups in total. The molecule has 0 spiro atoms. The van der Waals surface area contributed by atoms with E-state index in [9.17, 15) is 14.7 Å². The SMILES string of the molecule is NC1=NC(=O)[C@H]([C@@]2(O)C(=O)N(Cc3cccc4ccccc34)c3ccc(Cl)cc32)S1. The molecule has 30 heavy (non-hydrogen) atoms. The molecule has 6 nitrogen and oxygen atoms in total. The lowest BCUT2D eigenvalue weighted by Crippen LogP contribution is -2.49. The van der Waals surface area contributed by atoms with Gasteiger partial charge in [0.1, 0.15) is 5.25 Å². The molecule has 5 rings (SSSR count). The van der Waals surface area contributed by atoms with E-state index in [0.717, 1.165) is 28.1 Å². The van der Waals surface area contributed by atoms with E-state index in [1.54, 1.807) is 12.1 Å². The molecule has 2 amide bonds. The van der Waals surface area contributed by atoms with Crippen LogP contribution in [0.5, 0.6) is 0 Å². The molecule has 3 aromatic rings. The van der Waals surface area contributed by atoms with Crippen LogP contribution in [0.2, 0.25) is 5.02 Å². The lowest BCUT2D eigenvalue weighted by atomic mass is 9.91. The summed E-state index contributed by atoms with van der Waals surface area (Å²) >= 11 is 7.06. The number of rotatable bonds is 3. The normalized spacial score (nSPS) is 23.2. The van der Waals surface area contributed by atoms with Crippen LogP contribution in [0.25, 0.3) is 10.8 Å². The van der Waals surface area contributed by atoms with Gasteiger partial charge in [-0.05, 0) is 34.5 Å². The van der Waals surface area contributed by atoms with Gasteiger partial charge in [-0.25, -0.2) is 0 Å². The van der Waals surface area contributed by atoms with Crippen LogP contribution in [0.15, 0.2) is 65.7 Å². The number of carbonyl (C=O) groups excluding carboxylic acids is 2. The molecule has 8 heteroatoms. The zero-order valence-corrected chi connectivity index (χ0v) is 17.2. The van der Waals surface area contributed by atoms with Gasteiger partial charge in [0.2, 0.25) is 0 Å². The Morgan fingerprint density at radius 1 is 1.13 bits per heavy atom. The Hall–Kier alpha value is -2.87. The molecule has 0 aliphatic carbocycles. The number of amides is 2. The summed E-state index contributed by atoms with van der Waals surface area (Å²) in [7, 11) is 0. The molecule has 3 aromatic carbocycles. The van der Waals surface area contributed by atoms with Crippen LogP contribution >= 0.6 is 23.4 Å². The first-order valence-corrected chi connectivity index (χ1v) is 10.5. The summed E-state index contributed by atoms with van der Waals surface area (Å²) in [4.78, 5) is 31.1. The molecule has 2 atom stereocenters. The molecule has 0 fully saturated rings. The minimum Gasteiger partial charge on any atom is -0.378 e. The second kappa shape index (κ2) is 6.84. The third-order valence-electron chi connectivity index (χ3n) is 5.50. The molecule has 2 aliphatic rings. The fourth-order valence-electron chi connectivity index (χ4n) is 4.12. The van der Waals surface area contributed by atoms with Gasteiger partial charge in [-0.3, -0.25) is 9.59 Å². The maximum atomic E-state index is 13.6. The molecule has 0 saturated heterocycles. The molecule has 150 valence electrons. The highest BCUT2D eigenvalue weighted by molar-refractivity contribution is 8.15. The quantitative estimate of drug-likeness (QED) is 0.656. The van der Waals surface area contributed by atoms with Crippen molar-refractivity contribution in [3.05, 3.63) is 76.8 Å². The molecular weight excluding hydrogens is 422 g/mol. The van der Waals surface area contributed by atoms with Crippen molar-refractivity contribution in [3.63, 3.8) is 0 Å². The Kier molecular flexibility index (Phi) is 4.36. The van der Waals surface area contributed by atoms with Crippen LogP contribution in [-0.4, -0.2) is 27.3 Å². The van der Waals surface area contributed by atoms with Crippen LogP contribution < -0.4 is 10.6 Å². The van der Waals surface area contributed by atoms with Crippen molar-refractivity contribution in [2.75, 3.05) is 4.90 Å². The van der Waals surface area contributed by atoms with Gasteiger partial charge >= 0.3 is 0 Å². The van der Waals surface area contributed by atoms with E-state index in [1.165, 1.54) is 11.0 Å². The van der Waals surface area contributed by atoms with E-state index in [2.05, 4.69) is 4.99 Å². The molecule has 2 aliphatic heterocycles. The van der Waals surface area contributed by atoms with Gasteiger partial charge in [-0.15, -0.1) is 0 Å². The van der Waals surface area contributed by atoms with Crippen LogP contribution in [-0.2, 0) is 21.7 Å². The van der Waals surface area contributed by atoms with Crippen molar-refractivity contribution < 1.29 is 14.7 Å². The van der Waals surface area contributed by atoms with E-state index in [0.29, 0.717) is 10.7 Å². The Morgan fingerprint density at radius 3 is 2.67 bits per heavy atom. The maximum Gasteiger partial charge on any atom is 0.265 e. The van der Waals surface area contributed by atoms with Crippen LogP contribution in [0, 0.1) is 0 Å². The fraction of sp³-hybridized carbons (Fsp3) is 0.136. The highest BCUT2D eigenvalue weighted by atomic mass is 35.5. The van der Waals surface area contributed by atoms with E-state index in [1.807, 2.05) is 42.5 Å². The zero-order chi connectivity index (χ0) is 21.0. The van der Waals surface area contributed by atoms with Gasteiger partial charge in [0.25, 0.3) is 11.8 Å². The molecule has 0 bridgehead atoms. The third kappa shape index (κ3) is 2.74. The second-order valence-electron chi connectivity index (χ2n) is 7.24. The summed E-state index contributed by atoms with van der Waals surface area (Å²) in [6.45, 7) is 0.235. The summed E-state index contributed by atoms with van der Waals surface area (Å²) in [5.74, 6) is -1.23. The Bertz CT molecular complexity index is 1260. The molecule has 2 heterocycles. The largest absolute Gasteiger partial charge is 0.378 e. The van der Waals surface area contributed by atoms with Gasteiger partial charge in [0, 0.05) is 10.6 Å². The molecule has 0 aromatic heterocycles. The van der Waals surface area contributed by atoms with Gasteiger partial charge in [0.15, 0.2) is 10.8 Å². The summed E-state index contributed by atoms with van der Waals surface area (Å²) in [5.41, 5.74) is 5.31. The minimum absolute atomic E-state index is 0.0299.